The minimum atomic E-state index is -0.493. The van der Waals surface area contributed by atoms with Gasteiger partial charge in [-0.25, -0.2) is 10.2 Å². The van der Waals surface area contributed by atoms with Gasteiger partial charge >= 0.3 is 6.09 Å². The second-order valence-corrected chi connectivity index (χ2v) is 3.91. The molecule has 0 saturated heterocycles. The third kappa shape index (κ3) is 7.55. The van der Waals surface area contributed by atoms with Crippen LogP contribution < -0.4 is 16.6 Å². The first kappa shape index (κ1) is 12.2. The fourth-order valence-corrected chi connectivity index (χ4v) is 0.545. The summed E-state index contributed by atoms with van der Waals surface area (Å²) in [6.45, 7) is 7.73. The summed E-state index contributed by atoms with van der Waals surface area (Å²) in [6.07, 6.45) is -0.493. The Morgan fingerprint density at radius 2 is 2.08 bits per heavy atom. The second-order valence-electron chi connectivity index (χ2n) is 3.91. The molecule has 13 heavy (non-hydrogen) atoms. The van der Waals surface area contributed by atoms with E-state index < -0.39 is 11.7 Å². The Bertz CT molecular complexity index is 165. The fraction of sp³-hybridized carbons (Fsp3) is 0.875. The average molecular weight is 189 g/mol. The molecule has 0 rings (SSSR count). The number of hydrogen-bond acceptors (Lipinski definition) is 4. The van der Waals surface area contributed by atoms with E-state index in [1.54, 1.807) is 20.8 Å². The van der Waals surface area contributed by atoms with Gasteiger partial charge in [-0.3, -0.25) is 5.43 Å². The van der Waals surface area contributed by atoms with Crippen LogP contribution in [0.5, 0.6) is 0 Å². The zero-order valence-electron chi connectivity index (χ0n) is 8.68. The molecule has 0 aromatic rings. The van der Waals surface area contributed by atoms with Crippen molar-refractivity contribution in [3.05, 3.63) is 0 Å². The van der Waals surface area contributed by atoms with Crippen molar-refractivity contribution in [1.29, 1.82) is 0 Å². The Labute approximate surface area is 79.0 Å². The molecule has 0 aliphatic carbocycles. The van der Waals surface area contributed by atoms with Crippen LogP contribution in [-0.2, 0) is 4.74 Å². The Kier molecular flexibility index (Phi) is 4.72. The zero-order valence-corrected chi connectivity index (χ0v) is 8.68. The average Bonchev–Trinajstić information content (AvgIpc) is 1.97. The molecule has 0 aromatic carbocycles. The number of rotatable bonds is 3. The van der Waals surface area contributed by atoms with Crippen molar-refractivity contribution in [2.45, 2.75) is 39.3 Å². The van der Waals surface area contributed by atoms with Crippen molar-refractivity contribution in [2.75, 3.05) is 6.54 Å². The lowest BCUT2D eigenvalue weighted by atomic mass is 10.2. The quantitative estimate of drug-likeness (QED) is 0.560. The highest BCUT2D eigenvalue weighted by Crippen LogP contribution is 2.05. The molecule has 5 heteroatoms. The lowest BCUT2D eigenvalue weighted by Crippen LogP contribution is -2.47. The van der Waals surface area contributed by atoms with Crippen LogP contribution in [0.15, 0.2) is 0 Å². The van der Waals surface area contributed by atoms with E-state index in [4.69, 9.17) is 10.5 Å². The Morgan fingerprint density at radius 1 is 1.54 bits per heavy atom. The third-order valence-corrected chi connectivity index (χ3v) is 1.17. The van der Waals surface area contributed by atoms with Crippen LogP contribution in [0.2, 0.25) is 0 Å². The standard InChI is InChI=1S/C8H19N3O2/c1-6(5-9)10-11-7(12)13-8(2,3)4/h6,10H,5,9H2,1-4H3,(H,11,12). The van der Waals surface area contributed by atoms with Crippen molar-refractivity contribution in [3.63, 3.8) is 0 Å². The Hall–Kier alpha value is -0.810. The van der Waals surface area contributed by atoms with Gasteiger partial charge in [-0.2, -0.15) is 0 Å². The smallest absolute Gasteiger partial charge is 0.422 e. The predicted octanol–water partition coefficient (Wildman–Crippen LogP) is 0.363. The van der Waals surface area contributed by atoms with Gasteiger partial charge in [-0.15, -0.1) is 0 Å². The third-order valence-electron chi connectivity index (χ3n) is 1.17. The van der Waals surface area contributed by atoms with Crippen molar-refractivity contribution in [1.82, 2.24) is 10.9 Å². The highest BCUT2D eigenvalue weighted by atomic mass is 16.6. The number of carbonyl (C=O) groups is 1. The van der Waals surface area contributed by atoms with Crippen LogP contribution in [0.1, 0.15) is 27.7 Å². The number of carbonyl (C=O) groups excluding carboxylic acids is 1. The van der Waals surface area contributed by atoms with Gasteiger partial charge in [0.05, 0.1) is 0 Å². The molecule has 1 atom stereocenters. The van der Waals surface area contributed by atoms with Crippen LogP contribution in [0.25, 0.3) is 0 Å². The maximum absolute atomic E-state index is 11.0. The number of ether oxygens (including phenoxy) is 1. The predicted molar refractivity (Wildman–Crippen MR) is 51.0 cm³/mol. The van der Waals surface area contributed by atoms with E-state index in [-0.39, 0.29) is 6.04 Å². The van der Waals surface area contributed by atoms with Gasteiger partial charge in [-0.05, 0) is 27.7 Å². The van der Waals surface area contributed by atoms with Gasteiger partial charge < -0.3 is 10.5 Å². The highest BCUT2D eigenvalue weighted by molar-refractivity contribution is 5.66. The summed E-state index contributed by atoms with van der Waals surface area (Å²) >= 11 is 0. The van der Waals surface area contributed by atoms with E-state index in [0.29, 0.717) is 6.54 Å². The summed E-state index contributed by atoms with van der Waals surface area (Å²) in [4.78, 5) is 11.0. The fourth-order valence-electron chi connectivity index (χ4n) is 0.545. The molecule has 0 fully saturated rings. The van der Waals surface area contributed by atoms with Crippen molar-refractivity contribution < 1.29 is 9.53 Å². The molecule has 0 saturated carbocycles. The van der Waals surface area contributed by atoms with E-state index in [1.807, 2.05) is 6.92 Å². The summed E-state index contributed by atoms with van der Waals surface area (Å²) in [5.74, 6) is 0. The van der Waals surface area contributed by atoms with Crippen LogP contribution in [0.4, 0.5) is 4.79 Å². The highest BCUT2D eigenvalue weighted by Gasteiger charge is 2.15. The van der Waals surface area contributed by atoms with E-state index >= 15 is 0 Å². The largest absolute Gasteiger partial charge is 0.443 e. The van der Waals surface area contributed by atoms with Crippen molar-refractivity contribution >= 4 is 6.09 Å². The molecule has 0 spiro atoms. The Balaban J connectivity index is 3.64. The summed E-state index contributed by atoms with van der Waals surface area (Å²) in [5, 5.41) is 0. The molecule has 0 radical (unpaired) electrons. The van der Waals surface area contributed by atoms with Gasteiger partial charge in [-0.1, -0.05) is 0 Å². The van der Waals surface area contributed by atoms with Gasteiger partial charge in [0.2, 0.25) is 0 Å². The molecule has 0 aliphatic rings. The summed E-state index contributed by atoms with van der Waals surface area (Å²) in [7, 11) is 0. The Morgan fingerprint density at radius 3 is 2.46 bits per heavy atom. The monoisotopic (exact) mass is 189 g/mol. The molecule has 5 nitrogen and oxygen atoms in total. The molecule has 0 aliphatic heterocycles. The van der Waals surface area contributed by atoms with Gasteiger partial charge in [0.1, 0.15) is 5.60 Å². The van der Waals surface area contributed by atoms with E-state index in [1.165, 1.54) is 0 Å². The van der Waals surface area contributed by atoms with Crippen molar-refractivity contribution in [2.24, 2.45) is 5.73 Å². The molecule has 78 valence electrons. The van der Waals surface area contributed by atoms with E-state index in [9.17, 15) is 4.79 Å². The number of hydrogen-bond donors (Lipinski definition) is 3. The molecule has 0 bridgehead atoms. The molecule has 0 aromatic heterocycles. The molecule has 1 amide bonds. The zero-order chi connectivity index (χ0) is 10.5. The van der Waals surface area contributed by atoms with Gasteiger partial charge in [0.15, 0.2) is 0 Å². The normalized spacial score (nSPS) is 13.6. The van der Waals surface area contributed by atoms with E-state index in [2.05, 4.69) is 10.9 Å². The molecular formula is C8H19N3O2. The molecule has 0 heterocycles. The first-order chi connectivity index (χ1) is 5.85. The minimum absolute atomic E-state index is 0.0347. The van der Waals surface area contributed by atoms with E-state index in [0.717, 1.165) is 0 Å². The summed E-state index contributed by atoms with van der Waals surface area (Å²) in [5.41, 5.74) is 9.96. The van der Waals surface area contributed by atoms with Gasteiger partial charge in [0, 0.05) is 12.6 Å². The molecule has 1 unspecified atom stereocenters. The number of nitrogens with two attached hydrogens (primary N) is 1. The molecular weight excluding hydrogens is 170 g/mol. The lowest BCUT2D eigenvalue weighted by Gasteiger charge is -2.20. The van der Waals surface area contributed by atoms with Crippen LogP contribution >= 0.6 is 0 Å². The first-order valence-electron chi connectivity index (χ1n) is 4.29. The second kappa shape index (κ2) is 5.04. The maximum atomic E-state index is 11.0. The molecule has 4 N–H and O–H groups in total. The van der Waals surface area contributed by atoms with Gasteiger partial charge in [0.25, 0.3) is 0 Å². The van der Waals surface area contributed by atoms with Crippen LogP contribution in [-0.4, -0.2) is 24.3 Å². The van der Waals surface area contributed by atoms with Crippen LogP contribution in [0.3, 0.4) is 0 Å². The SMILES string of the molecule is CC(CN)NNC(=O)OC(C)(C)C. The summed E-state index contributed by atoms with van der Waals surface area (Å²) in [6, 6.07) is 0.0347. The summed E-state index contributed by atoms with van der Waals surface area (Å²) < 4.78 is 4.98. The topological polar surface area (TPSA) is 76.4 Å². The minimum Gasteiger partial charge on any atom is -0.443 e. The number of nitrogens with one attached hydrogen (secondary N) is 2. The first-order valence-corrected chi connectivity index (χ1v) is 4.29. The number of amides is 1. The van der Waals surface area contributed by atoms with Crippen LogP contribution in [0, 0.1) is 0 Å². The maximum Gasteiger partial charge on any atom is 0.422 e. The van der Waals surface area contributed by atoms with Crippen molar-refractivity contribution in [3.8, 4) is 0 Å². The lowest BCUT2D eigenvalue weighted by molar-refractivity contribution is 0.0490. The number of hydrazine groups is 1.